The maximum absolute atomic E-state index is 12.0. The number of benzene rings is 1. The molecule has 0 aromatic heterocycles. The van der Waals surface area contributed by atoms with Crippen LogP contribution >= 0.6 is 11.8 Å². The van der Waals surface area contributed by atoms with Crippen molar-refractivity contribution >= 4 is 17.7 Å². The molecule has 1 aromatic carbocycles. The highest BCUT2D eigenvalue weighted by molar-refractivity contribution is 7.99. The topological polar surface area (TPSA) is 58.6 Å². The van der Waals surface area contributed by atoms with Crippen molar-refractivity contribution in [1.29, 1.82) is 0 Å². The quantitative estimate of drug-likeness (QED) is 0.808. The number of thioether (sulfide) groups is 1. The lowest BCUT2D eigenvalue weighted by atomic mass is 10.1. The van der Waals surface area contributed by atoms with Crippen LogP contribution in [0.4, 0.5) is 0 Å². The minimum Gasteiger partial charge on any atom is -0.495 e. The Labute approximate surface area is 123 Å². The van der Waals surface area contributed by atoms with E-state index in [0.29, 0.717) is 28.7 Å². The smallest absolute Gasteiger partial charge is 0.251 e. The first kappa shape index (κ1) is 16.4. The van der Waals surface area contributed by atoms with Gasteiger partial charge in [-0.3, -0.25) is 4.79 Å². The lowest BCUT2D eigenvalue weighted by molar-refractivity contribution is 0.0954. The van der Waals surface area contributed by atoms with Crippen molar-refractivity contribution < 1.29 is 14.6 Å². The van der Waals surface area contributed by atoms with Gasteiger partial charge in [0.05, 0.1) is 12.7 Å². The fourth-order valence-electron chi connectivity index (χ4n) is 1.50. The Morgan fingerprint density at radius 3 is 2.90 bits per heavy atom. The van der Waals surface area contributed by atoms with Gasteiger partial charge < -0.3 is 15.2 Å². The Hall–Kier alpha value is -1.64. The standard InChI is InChI=1S/C15H19NO3S/c1-11(20-3)10-16-15(18)13-6-7-14(19-2)12(9-13)5-4-8-17/h6-7,9,11,17H,8,10H2,1-3H3,(H,16,18). The highest BCUT2D eigenvalue weighted by Gasteiger charge is 2.10. The zero-order valence-corrected chi connectivity index (χ0v) is 12.7. The number of nitrogens with one attached hydrogen (secondary N) is 1. The van der Waals surface area contributed by atoms with Gasteiger partial charge in [-0.2, -0.15) is 11.8 Å². The highest BCUT2D eigenvalue weighted by Crippen LogP contribution is 2.19. The minimum absolute atomic E-state index is 0.138. The zero-order chi connectivity index (χ0) is 15.0. The number of aliphatic hydroxyl groups is 1. The van der Waals surface area contributed by atoms with E-state index in [9.17, 15) is 4.79 Å². The summed E-state index contributed by atoms with van der Waals surface area (Å²) >= 11 is 1.70. The van der Waals surface area contributed by atoms with Crippen LogP contribution in [0.2, 0.25) is 0 Å². The molecule has 0 bridgehead atoms. The largest absolute Gasteiger partial charge is 0.495 e. The summed E-state index contributed by atoms with van der Waals surface area (Å²) in [7, 11) is 1.54. The van der Waals surface area contributed by atoms with Gasteiger partial charge in [0, 0.05) is 17.4 Å². The van der Waals surface area contributed by atoms with Gasteiger partial charge in [0.15, 0.2) is 0 Å². The second-order valence-corrected chi connectivity index (χ2v) is 5.41. The molecule has 1 rings (SSSR count). The lowest BCUT2D eigenvalue weighted by Crippen LogP contribution is -2.29. The SMILES string of the molecule is COc1ccc(C(=O)NCC(C)SC)cc1C#CCO. The number of rotatable bonds is 5. The fraction of sp³-hybridized carbons (Fsp3) is 0.400. The molecule has 0 aliphatic carbocycles. The van der Waals surface area contributed by atoms with Gasteiger partial charge in [0.1, 0.15) is 12.4 Å². The molecule has 5 heteroatoms. The molecule has 0 radical (unpaired) electrons. The van der Waals surface area contributed by atoms with Crippen LogP contribution in [0.1, 0.15) is 22.8 Å². The second kappa shape index (κ2) is 8.51. The molecule has 0 aliphatic heterocycles. The first-order chi connectivity index (χ1) is 9.62. The number of hydrogen-bond donors (Lipinski definition) is 2. The average molecular weight is 293 g/mol. The lowest BCUT2D eigenvalue weighted by Gasteiger charge is -2.11. The third kappa shape index (κ3) is 4.80. The molecule has 0 saturated carbocycles. The number of aliphatic hydroxyl groups excluding tert-OH is 1. The van der Waals surface area contributed by atoms with E-state index in [1.165, 1.54) is 0 Å². The number of amides is 1. The minimum atomic E-state index is -0.231. The van der Waals surface area contributed by atoms with E-state index in [1.54, 1.807) is 37.1 Å². The summed E-state index contributed by atoms with van der Waals surface area (Å²) in [5.74, 6) is 5.78. The Morgan fingerprint density at radius 1 is 1.55 bits per heavy atom. The first-order valence-corrected chi connectivity index (χ1v) is 7.50. The Bertz CT molecular complexity index is 520. The molecule has 1 amide bonds. The van der Waals surface area contributed by atoms with Crippen LogP contribution in [0.15, 0.2) is 18.2 Å². The van der Waals surface area contributed by atoms with Crippen LogP contribution in [-0.2, 0) is 0 Å². The number of methoxy groups -OCH3 is 1. The van der Waals surface area contributed by atoms with Crippen LogP contribution in [0.3, 0.4) is 0 Å². The van der Waals surface area contributed by atoms with Crippen molar-refractivity contribution in [2.75, 3.05) is 26.5 Å². The van der Waals surface area contributed by atoms with Crippen molar-refractivity contribution in [2.24, 2.45) is 0 Å². The van der Waals surface area contributed by atoms with Crippen molar-refractivity contribution in [3.05, 3.63) is 29.3 Å². The van der Waals surface area contributed by atoms with Crippen LogP contribution in [0.25, 0.3) is 0 Å². The van der Waals surface area contributed by atoms with Crippen LogP contribution < -0.4 is 10.1 Å². The van der Waals surface area contributed by atoms with Gasteiger partial charge >= 0.3 is 0 Å². The Balaban J connectivity index is 2.88. The molecule has 0 saturated heterocycles. The molecule has 108 valence electrons. The summed E-state index contributed by atoms with van der Waals surface area (Å²) in [4.78, 5) is 12.0. The number of carbonyl (C=O) groups excluding carboxylic acids is 1. The van der Waals surface area contributed by atoms with Crippen molar-refractivity contribution in [1.82, 2.24) is 5.32 Å². The Morgan fingerprint density at radius 2 is 2.30 bits per heavy atom. The summed E-state index contributed by atoms with van der Waals surface area (Å²) < 4.78 is 5.17. The molecular weight excluding hydrogens is 274 g/mol. The molecule has 2 N–H and O–H groups in total. The molecule has 0 fully saturated rings. The van der Waals surface area contributed by atoms with E-state index in [2.05, 4.69) is 24.1 Å². The van der Waals surface area contributed by atoms with E-state index in [0.717, 1.165) is 0 Å². The third-order valence-electron chi connectivity index (χ3n) is 2.72. The monoisotopic (exact) mass is 293 g/mol. The van der Waals surface area contributed by atoms with E-state index >= 15 is 0 Å². The van der Waals surface area contributed by atoms with Gasteiger partial charge in [0.25, 0.3) is 5.91 Å². The summed E-state index contributed by atoms with van der Waals surface area (Å²) in [6.45, 7) is 2.44. The number of carbonyl (C=O) groups is 1. The molecule has 1 atom stereocenters. The molecule has 1 aromatic rings. The number of ether oxygens (including phenoxy) is 1. The summed E-state index contributed by atoms with van der Waals surface area (Å²) in [6, 6.07) is 5.07. The zero-order valence-electron chi connectivity index (χ0n) is 11.9. The molecule has 4 nitrogen and oxygen atoms in total. The summed E-state index contributed by atoms with van der Waals surface area (Å²) in [5, 5.41) is 12.0. The van der Waals surface area contributed by atoms with E-state index in [-0.39, 0.29) is 12.5 Å². The number of hydrogen-bond acceptors (Lipinski definition) is 4. The maximum atomic E-state index is 12.0. The normalized spacial score (nSPS) is 11.2. The molecule has 1 unspecified atom stereocenters. The van der Waals surface area contributed by atoms with Gasteiger partial charge in [-0.25, -0.2) is 0 Å². The van der Waals surface area contributed by atoms with E-state index < -0.39 is 0 Å². The highest BCUT2D eigenvalue weighted by atomic mass is 32.2. The van der Waals surface area contributed by atoms with Crippen molar-refractivity contribution in [2.45, 2.75) is 12.2 Å². The van der Waals surface area contributed by atoms with Gasteiger partial charge in [-0.05, 0) is 24.5 Å². The van der Waals surface area contributed by atoms with Crippen LogP contribution in [-0.4, -0.2) is 42.8 Å². The predicted octanol–water partition coefficient (Wildman–Crippen LogP) is 1.52. The van der Waals surface area contributed by atoms with E-state index in [1.807, 2.05) is 6.26 Å². The summed E-state index contributed by atoms with van der Waals surface area (Å²) in [6.07, 6.45) is 2.01. The van der Waals surface area contributed by atoms with Crippen LogP contribution in [0.5, 0.6) is 5.75 Å². The van der Waals surface area contributed by atoms with Crippen LogP contribution in [0, 0.1) is 11.8 Å². The third-order valence-corrected chi connectivity index (χ3v) is 3.69. The second-order valence-electron chi connectivity index (χ2n) is 4.13. The van der Waals surface area contributed by atoms with Gasteiger partial charge in [0.2, 0.25) is 0 Å². The van der Waals surface area contributed by atoms with E-state index in [4.69, 9.17) is 9.84 Å². The van der Waals surface area contributed by atoms with Crippen molar-refractivity contribution in [3.63, 3.8) is 0 Å². The molecular formula is C15H19NO3S. The van der Waals surface area contributed by atoms with Gasteiger partial charge in [-0.15, -0.1) is 0 Å². The predicted molar refractivity (Wildman–Crippen MR) is 82.3 cm³/mol. The first-order valence-electron chi connectivity index (χ1n) is 6.21. The fourth-order valence-corrected chi connectivity index (χ4v) is 1.75. The molecule has 0 spiro atoms. The summed E-state index contributed by atoms with van der Waals surface area (Å²) in [5.41, 5.74) is 1.12. The van der Waals surface area contributed by atoms with Gasteiger partial charge in [-0.1, -0.05) is 18.8 Å². The molecule has 0 heterocycles. The molecule has 20 heavy (non-hydrogen) atoms. The average Bonchev–Trinajstić information content (AvgIpc) is 2.49. The molecule has 0 aliphatic rings. The Kier molecular flexibility index (Phi) is 6.99. The maximum Gasteiger partial charge on any atom is 0.251 e. The van der Waals surface area contributed by atoms with Crippen molar-refractivity contribution in [3.8, 4) is 17.6 Å².